The van der Waals surface area contributed by atoms with Crippen LogP contribution in [-0.2, 0) is 0 Å². The maximum atomic E-state index is 10.4. The quantitative estimate of drug-likeness (QED) is 0.457. The maximum Gasteiger partial charge on any atom is 0.222 e. The van der Waals surface area contributed by atoms with Crippen molar-refractivity contribution in [2.75, 3.05) is 39.8 Å². The fourth-order valence-electron chi connectivity index (χ4n) is 1.47. The highest BCUT2D eigenvalue weighted by atomic mass is 16.6. The Morgan fingerprint density at radius 3 is 2.38 bits per heavy atom. The van der Waals surface area contributed by atoms with Gasteiger partial charge in [0.15, 0.2) is 0 Å². The lowest BCUT2D eigenvalue weighted by molar-refractivity contribution is -0.518. The van der Waals surface area contributed by atoms with Gasteiger partial charge in [-0.3, -0.25) is 15.0 Å². The summed E-state index contributed by atoms with van der Waals surface area (Å²) in [5.41, 5.74) is 0. The number of hydrogen-bond donors (Lipinski definition) is 0. The summed E-state index contributed by atoms with van der Waals surface area (Å²) in [6, 6.07) is -0.441. The number of likely N-dealkylation sites (N-methyl/N-ethyl adjacent to an activating group) is 1. The summed E-state index contributed by atoms with van der Waals surface area (Å²) in [7, 11) is 2.08. The van der Waals surface area contributed by atoms with Gasteiger partial charge in [0, 0.05) is 38.0 Å². The molecule has 0 saturated carbocycles. The molecule has 5 heteroatoms. The molecule has 0 spiro atoms. The minimum atomic E-state index is -0.441. The molecule has 76 valence electrons. The molecule has 1 fully saturated rings. The summed E-state index contributed by atoms with van der Waals surface area (Å²) >= 11 is 0. The first-order valence-corrected chi connectivity index (χ1v) is 4.64. The van der Waals surface area contributed by atoms with Gasteiger partial charge < -0.3 is 4.90 Å². The van der Waals surface area contributed by atoms with Crippen LogP contribution >= 0.6 is 0 Å². The SMILES string of the molecule is CC(CN1CCN(C)CC1)[N+](=O)[O-]. The second-order valence-electron chi connectivity index (χ2n) is 3.74. The van der Waals surface area contributed by atoms with Crippen molar-refractivity contribution in [1.82, 2.24) is 9.80 Å². The molecule has 0 aromatic rings. The molecule has 13 heavy (non-hydrogen) atoms. The van der Waals surface area contributed by atoms with Crippen LogP contribution in [0, 0.1) is 10.1 Å². The molecule has 5 nitrogen and oxygen atoms in total. The van der Waals surface area contributed by atoms with E-state index < -0.39 is 6.04 Å². The number of piperazine rings is 1. The molecule has 1 saturated heterocycles. The molecule has 0 aliphatic carbocycles. The molecule has 1 unspecified atom stereocenters. The van der Waals surface area contributed by atoms with Crippen molar-refractivity contribution in [1.29, 1.82) is 0 Å². The summed E-state index contributed by atoms with van der Waals surface area (Å²) in [6.07, 6.45) is 0. The zero-order valence-corrected chi connectivity index (χ0v) is 8.27. The Balaban J connectivity index is 2.26. The van der Waals surface area contributed by atoms with Crippen molar-refractivity contribution in [2.24, 2.45) is 0 Å². The third-order valence-corrected chi connectivity index (χ3v) is 2.48. The van der Waals surface area contributed by atoms with Crippen molar-refractivity contribution >= 4 is 0 Å². The number of hydrogen-bond acceptors (Lipinski definition) is 4. The van der Waals surface area contributed by atoms with Crippen LogP contribution in [-0.4, -0.2) is 60.5 Å². The lowest BCUT2D eigenvalue weighted by Gasteiger charge is -2.32. The second kappa shape index (κ2) is 4.53. The minimum Gasteiger partial charge on any atom is -0.304 e. The van der Waals surface area contributed by atoms with E-state index in [1.807, 2.05) is 0 Å². The third kappa shape index (κ3) is 3.28. The van der Waals surface area contributed by atoms with Crippen LogP contribution < -0.4 is 0 Å². The summed E-state index contributed by atoms with van der Waals surface area (Å²) in [6.45, 7) is 6.19. The first-order valence-electron chi connectivity index (χ1n) is 4.64. The van der Waals surface area contributed by atoms with Crippen LogP contribution in [0.1, 0.15) is 6.92 Å². The molecular weight excluding hydrogens is 170 g/mol. The van der Waals surface area contributed by atoms with Crippen LogP contribution in [0.15, 0.2) is 0 Å². The van der Waals surface area contributed by atoms with Gasteiger partial charge in [0.2, 0.25) is 6.04 Å². The topological polar surface area (TPSA) is 49.6 Å². The van der Waals surface area contributed by atoms with Crippen molar-refractivity contribution in [2.45, 2.75) is 13.0 Å². The summed E-state index contributed by atoms with van der Waals surface area (Å²) < 4.78 is 0. The molecule has 0 bridgehead atoms. The van der Waals surface area contributed by atoms with E-state index in [2.05, 4.69) is 16.8 Å². The molecule has 0 aromatic heterocycles. The fourth-order valence-corrected chi connectivity index (χ4v) is 1.47. The normalized spacial score (nSPS) is 22.9. The van der Waals surface area contributed by atoms with Gasteiger partial charge in [-0.25, -0.2) is 0 Å². The van der Waals surface area contributed by atoms with Gasteiger partial charge in [-0.2, -0.15) is 0 Å². The zero-order valence-electron chi connectivity index (χ0n) is 8.27. The van der Waals surface area contributed by atoms with Crippen molar-refractivity contribution in [3.8, 4) is 0 Å². The molecule has 1 aliphatic rings. The van der Waals surface area contributed by atoms with E-state index in [0.29, 0.717) is 6.54 Å². The monoisotopic (exact) mass is 187 g/mol. The summed E-state index contributed by atoms with van der Waals surface area (Å²) in [5, 5.41) is 10.4. The van der Waals surface area contributed by atoms with Gasteiger partial charge in [-0.1, -0.05) is 0 Å². The van der Waals surface area contributed by atoms with E-state index in [-0.39, 0.29) is 4.92 Å². The Morgan fingerprint density at radius 2 is 1.92 bits per heavy atom. The largest absolute Gasteiger partial charge is 0.304 e. The summed E-state index contributed by atoms with van der Waals surface area (Å²) in [4.78, 5) is 14.6. The number of nitrogens with zero attached hydrogens (tertiary/aromatic N) is 3. The van der Waals surface area contributed by atoms with E-state index in [4.69, 9.17) is 0 Å². The lowest BCUT2D eigenvalue weighted by Crippen LogP contribution is -2.47. The average molecular weight is 187 g/mol. The number of nitro groups is 1. The molecule has 0 aromatic carbocycles. The van der Waals surface area contributed by atoms with E-state index in [0.717, 1.165) is 26.2 Å². The lowest BCUT2D eigenvalue weighted by atomic mass is 10.2. The Labute approximate surface area is 78.5 Å². The van der Waals surface area contributed by atoms with Gasteiger partial charge in [-0.05, 0) is 7.05 Å². The Hall–Kier alpha value is -0.680. The number of rotatable bonds is 3. The van der Waals surface area contributed by atoms with Gasteiger partial charge in [0.25, 0.3) is 0 Å². The van der Waals surface area contributed by atoms with Crippen LogP contribution in [0.5, 0.6) is 0 Å². The molecular formula is C8H17N3O2. The first-order chi connectivity index (χ1) is 6.09. The molecule has 1 heterocycles. The first kappa shape index (κ1) is 10.4. The Bertz CT molecular complexity index is 178. The summed E-state index contributed by atoms with van der Waals surface area (Å²) in [5.74, 6) is 0. The zero-order chi connectivity index (χ0) is 9.84. The maximum absolute atomic E-state index is 10.4. The predicted molar refractivity (Wildman–Crippen MR) is 50.4 cm³/mol. The molecule has 1 rings (SSSR count). The van der Waals surface area contributed by atoms with Crippen molar-refractivity contribution in [3.05, 3.63) is 10.1 Å². The van der Waals surface area contributed by atoms with Crippen LogP contribution in [0.4, 0.5) is 0 Å². The third-order valence-electron chi connectivity index (χ3n) is 2.48. The minimum absolute atomic E-state index is 0.210. The van der Waals surface area contributed by atoms with Crippen LogP contribution in [0.25, 0.3) is 0 Å². The van der Waals surface area contributed by atoms with Gasteiger partial charge in [0.1, 0.15) is 0 Å². The van der Waals surface area contributed by atoms with E-state index >= 15 is 0 Å². The Kier molecular flexibility index (Phi) is 3.62. The predicted octanol–water partition coefficient (Wildman–Crippen LogP) is -0.101. The van der Waals surface area contributed by atoms with Crippen LogP contribution in [0.2, 0.25) is 0 Å². The fraction of sp³-hybridized carbons (Fsp3) is 1.00. The highest BCUT2D eigenvalue weighted by Crippen LogP contribution is 2.01. The van der Waals surface area contributed by atoms with Crippen molar-refractivity contribution < 1.29 is 4.92 Å². The highest BCUT2D eigenvalue weighted by molar-refractivity contribution is 4.70. The second-order valence-corrected chi connectivity index (χ2v) is 3.74. The Morgan fingerprint density at radius 1 is 1.38 bits per heavy atom. The molecule has 0 amide bonds. The van der Waals surface area contributed by atoms with Gasteiger partial charge in [0.05, 0.1) is 6.54 Å². The van der Waals surface area contributed by atoms with E-state index in [1.54, 1.807) is 6.92 Å². The van der Waals surface area contributed by atoms with E-state index in [1.165, 1.54) is 0 Å². The average Bonchev–Trinajstić information content (AvgIpc) is 2.08. The van der Waals surface area contributed by atoms with Gasteiger partial charge >= 0.3 is 0 Å². The molecule has 1 atom stereocenters. The molecule has 0 radical (unpaired) electrons. The van der Waals surface area contributed by atoms with Crippen LogP contribution in [0.3, 0.4) is 0 Å². The van der Waals surface area contributed by atoms with E-state index in [9.17, 15) is 10.1 Å². The molecule has 1 aliphatic heterocycles. The molecule has 0 N–H and O–H groups in total. The highest BCUT2D eigenvalue weighted by Gasteiger charge is 2.20. The standard InChI is InChI=1S/C8H17N3O2/c1-8(11(12)13)7-10-5-3-9(2)4-6-10/h8H,3-7H2,1-2H3. The smallest absolute Gasteiger partial charge is 0.222 e. The van der Waals surface area contributed by atoms with Crippen molar-refractivity contribution in [3.63, 3.8) is 0 Å². The van der Waals surface area contributed by atoms with Gasteiger partial charge in [-0.15, -0.1) is 0 Å².